The Hall–Kier alpha value is -1.28. The molecule has 1 unspecified atom stereocenters. The van der Waals surface area contributed by atoms with Crippen molar-refractivity contribution >= 4 is 15.8 Å². The fraction of sp³-hybridized carbons (Fsp3) is 0.462. The minimum absolute atomic E-state index is 0.0602. The summed E-state index contributed by atoms with van der Waals surface area (Å²) in [6, 6.07) is 5.66. The summed E-state index contributed by atoms with van der Waals surface area (Å²) in [7, 11) is -3.71. The van der Waals surface area contributed by atoms with E-state index in [0.29, 0.717) is 18.6 Å². The van der Waals surface area contributed by atoms with Gasteiger partial charge in [0.2, 0.25) is 10.0 Å². The van der Waals surface area contributed by atoms with Crippen LogP contribution in [0.2, 0.25) is 0 Å². The lowest BCUT2D eigenvalue weighted by Gasteiger charge is -2.20. The number of carbonyl (C=O) groups excluding carboxylic acids is 1. The van der Waals surface area contributed by atoms with Crippen LogP contribution in [0.25, 0.3) is 0 Å². The van der Waals surface area contributed by atoms with E-state index in [1.54, 1.807) is 0 Å². The van der Waals surface area contributed by atoms with Crippen LogP contribution >= 0.6 is 0 Å². The van der Waals surface area contributed by atoms with Gasteiger partial charge in [-0.3, -0.25) is 4.79 Å². The number of ketones is 1. The molecule has 1 saturated heterocycles. The summed E-state index contributed by atoms with van der Waals surface area (Å²) in [5.74, 6) is -0.126. The van der Waals surface area contributed by atoms with E-state index < -0.39 is 15.6 Å². The van der Waals surface area contributed by atoms with Gasteiger partial charge < -0.3 is 9.84 Å². The molecule has 2 rings (SSSR count). The molecule has 7 heteroatoms. The molecule has 1 aromatic carbocycles. The van der Waals surface area contributed by atoms with Gasteiger partial charge in [-0.05, 0) is 19.1 Å². The van der Waals surface area contributed by atoms with Crippen LogP contribution in [0.1, 0.15) is 23.7 Å². The van der Waals surface area contributed by atoms with Crippen molar-refractivity contribution in [3.8, 4) is 0 Å². The summed E-state index contributed by atoms with van der Waals surface area (Å²) in [5, 5.41) is 10.0. The van der Waals surface area contributed by atoms with Crippen molar-refractivity contribution in [3.05, 3.63) is 29.8 Å². The highest BCUT2D eigenvalue weighted by Gasteiger charge is 2.33. The first-order valence-electron chi connectivity index (χ1n) is 6.23. The zero-order valence-corrected chi connectivity index (χ0v) is 11.9. The number of benzene rings is 1. The van der Waals surface area contributed by atoms with Crippen molar-refractivity contribution in [1.29, 1.82) is 0 Å². The number of sulfonamides is 1. The van der Waals surface area contributed by atoms with Crippen molar-refractivity contribution < 1.29 is 23.1 Å². The average molecular weight is 299 g/mol. The van der Waals surface area contributed by atoms with Crippen LogP contribution in [-0.4, -0.2) is 44.7 Å². The Morgan fingerprint density at radius 2 is 2.05 bits per heavy atom. The number of hydrogen-bond donors (Lipinski definition) is 2. The maximum atomic E-state index is 12.1. The van der Waals surface area contributed by atoms with Crippen LogP contribution in [0, 0.1) is 0 Å². The van der Waals surface area contributed by atoms with Crippen molar-refractivity contribution in [2.75, 3.05) is 19.8 Å². The molecule has 20 heavy (non-hydrogen) atoms. The highest BCUT2D eigenvalue weighted by Crippen LogP contribution is 2.18. The Kier molecular flexibility index (Phi) is 4.24. The predicted octanol–water partition coefficient (Wildman–Crippen LogP) is 0.319. The lowest BCUT2D eigenvalue weighted by molar-refractivity contribution is 0.0314. The third-order valence-electron chi connectivity index (χ3n) is 3.24. The third-order valence-corrected chi connectivity index (χ3v) is 4.66. The van der Waals surface area contributed by atoms with Crippen molar-refractivity contribution in [2.45, 2.75) is 23.8 Å². The smallest absolute Gasteiger partial charge is 0.240 e. The van der Waals surface area contributed by atoms with Crippen LogP contribution in [-0.2, 0) is 14.8 Å². The number of aliphatic hydroxyl groups is 1. The molecule has 0 radical (unpaired) electrons. The summed E-state index contributed by atoms with van der Waals surface area (Å²) in [6.07, 6.45) is 0.402. The number of hydrogen-bond acceptors (Lipinski definition) is 5. The molecule has 6 nitrogen and oxygen atoms in total. The molecule has 110 valence electrons. The SMILES string of the molecule is CC(=O)c1ccc(S(=O)(=O)NCC2(O)CCOC2)cc1. The molecule has 0 amide bonds. The van der Waals surface area contributed by atoms with Crippen molar-refractivity contribution in [3.63, 3.8) is 0 Å². The second kappa shape index (κ2) is 5.61. The first-order chi connectivity index (χ1) is 9.32. The van der Waals surface area contributed by atoms with Gasteiger partial charge >= 0.3 is 0 Å². The third kappa shape index (κ3) is 3.43. The normalized spacial score (nSPS) is 22.9. The molecular formula is C13H17NO5S. The molecule has 1 fully saturated rings. The quantitative estimate of drug-likeness (QED) is 0.764. The number of nitrogens with one attached hydrogen (secondary N) is 1. The maximum Gasteiger partial charge on any atom is 0.240 e. The second-order valence-corrected chi connectivity index (χ2v) is 6.70. The fourth-order valence-electron chi connectivity index (χ4n) is 1.92. The molecule has 2 N–H and O–H groups in total. The molecule has 1 aliphatic rings. The van der Waals surface area contributed by atoms with E-state index in [0.717, 1.165) is 0 Å². The number of rotatable bonds is 5. The summed E-state index contributed by atoms with van der Waals surface area (Å²) in [6.45, 7) is 1.87. The minimum atomic E-state index is -3.71. The van der Waals surface area contributed by atoms with Gasteiger partial charge in [0.1, 0.15) is 5.60 Å². The highest BCUT2D eigenvalue weighted by atomic mass is 32.2. The van der Waals surface area contributed by atoms with Gasteiger partial charge in [-0.1, -0.05) is 12.1 Å². The van der Waals surface area contributed by atoms with Gasteiger partial charge in [-0.15, -0.1) is 0 Å². The van der Waals surface area contributed by atoms with Crippen LogP contribution in [0.4, 0.5) is 0 Å². The van der Waals surface area contributed by atoms with E-state index in [1.807, 2.05) is 0 Å². The Labute approximate surface area is 117 Å². The lowest BCUT2D eigenvalue weighted by Crippen LogP contribution is -2.43. The summed E-state index contributed by atoms with van der Waals surface area (Å²) in [4.78, 5) is 11.2. The molecule has 0 aromatic heterocycles. The molecular weight excluding hydrogens is 282 g/mol. The van der Waals surface area contributed by atoms with Crippen LogP contribution in [0.15, 0.2) is 29.2 Å². The lowest BCUT2D eigenvalue weighted by atomic mass is 10.1. The largest absolute Gasteiger partial charge is 0.386 e. The topological polar surface area (TPSA) is 92.7 Å². The molecule has 1 aliphatic heterocycles. The number of ether oxygens (including phenoxy) is 1. The zero-order chi connectivity index (χ0) is 14.8. The summed E-state index contributed by atoms with van der Waals surface area (Å²) < 4.78 is 31.5. The standard InChI is InChI=1S/C13H17NO5S/c1-10(15)11-2-4-12(5-3-11)20(17,18)14-8-13(16)6-7-19-9-13/h2-5,14,16H,6-9H2,1H3. The van der Waals surface area contributed by atoms with E-state index in [2.05, 4.69) is 4.72 Å². The Morgan fingerprint density at radius 3 is 2.55 bits per heavy atom. The molecule has 1 aromatic rings. The second-order valence-electron chi connectivity index (χ2n) is 4.93. The van der Waals surface area contributed by atoms with Crippen molar-refractivity contribution in [1.82, 2.24) is 4.72 Å². The highest BCUT2D eigenvalue weighted by molar-refractivity contribution is 7.89. The monoisotopic (exact) mass is 299 g/mol. The first kappa shape index (κ1) is 15.1. The van der Waals surface area contributed by atoms with Gasteiger partial charge in [0.15, 0.2) is 5.78 Å². The van der Waals surface area contributed by atoms with Crippen LogP contribution < -0.4 is 4.72 Å². The van der Waals surface area contributed by atoms with E-state index in [1.165, 1.54) is 31.2 Å². The Bertz CT molecular complexity index is 588. The first-order valence-corrected chi connectivity index (χ1v) is 7.72. The van der Waals surface area contributed by atoms with Gasteiger partial charge in [-0.2, -0.15) is 0 Å². The van der Waals surface area contributed by atoms with Gasteiger partial charge in [0.05, 0.1) is 11.5 Å². The molecule has 0 bridgehead atoms. The zero-order valence-electron chi connectivity index (χ0n) is 11.1. The van der Waals surface area contributed by atoms with E-state index in [-0.39, 0.29) is 23.8 Å². The predicted molar refractivity (Wildman–Crippen MR) is 72.0 cm³/mol. The summed E-state index contributed by atoms with van der Waals surface area (Å²) in [5.41, 5.74) is -0.696. The Morgan fingerprint density at radius 1 is 1.40 bits per heavy atom. The van der Waals surface area contributed by atoms with Crippen LogP contribution in [0.3, 0.4) is 0 Å². The van der Waals surface area contributed by atoms with Crippen molar-refractivity contribution in [2.24, 2.45) is 0 Å². The average Bonchev–Trinajstić information content (AvgIpc) is 2.84. The molecule has 1 heterocycles. The summed E-state index contributed by atoms with van der Waals surface area (Å²) >= 11 is 0. The maximum absolute atomic E-state index is 12.1. The van der Waals surface area contributed by atoms with Gasteiger partial charge in [-0.25, -0.2) is 13.1 Å². The van der Waals surface area contributed by atoms with E-state index in [4.69, 9.17) is 4.74 Å². The Balaban J connectivity index is 2.08. The van der Waals surface area contributed by atoms with E-state index >= 15 is 0 Å². The number of carbonyl (C=O) groups is 1. The number of Topliss-reactive ketones (excluding diaryl/α,β-unsaturated/α-hetero) is 1. The molecule has 0 saturated carbocycles. The van der Waals surface area contributed by atoms with E-state index in [9.17, 15) is 18.3 Å². The molecule has 0 spiro atoms. The fourth-order valence-corrected chi connectivity index (χ4v) is 3.04. The van der Waals surface area contributed by atoms with Gasteiger partial charge in [0, 0.05) is 25.1 Å². The molecule has 0 aliphatic carbocycles. The van der Waals surface area contributed by atoms with Crippen LogP contribution in [0.5, 0.6) is 0 Å². The minimum Gasteiger partial charge on any atom is -0.386 e. The van der Waals surface area contributed by atoms with Gasteiger partial charge in [0.25, 0.3) is 0 Å². The molecule has 1 atom stereocenters.